The molecule has 158 valence electrons. The Morgan fingerprint density at radius 2 is 2.00 bits per heavy atom. The first-order valence-electron chi connectivity index (χ1n) is 11.0. The van der Waals surface area contributed by atoms with E-state index >= 15 is 0 Å². The highest BCUT2D eigenvalue weighted by molar-refractivity contribution is 5.79. The quantitative estimate of drug-likeness (QED) is 0.505. The van der Waals surface area contributed by atoms with Crippen LogP contribution >= 0.6 is 0 Å². The first-order chi connectivity index (χ1) is 14.3. The number of nitrogens with one attached hydrogen (secondary N) is 2. The van der Waals surface area contributed by atoms with Crippen LogP contribution in [0.2, 0.25) is 0 Å². The average Bonchev–Trinajstić information content (AvgIpc) is 3.20. The van der Waals surface area contributed by atoms with E-state index in [2.05, 4.69) is 73.5 Å². The molecule has 1 aromatic carbocycles. The fourth-order valence-electron chi connectivity index (χ4n) is 4.14. The minimum Gasteiger partial charge on any atom is -0.356 e. The van der Waals surface area contributed by atoms with Crippen LogP contribution in [0.5, 0.6) is 0 Å². The van der Waals surface area contributed by atoms with Crippen molar-refractivity contribution in [2.75, 3.05) is 33.2 Å². The molecule has 6 heteroatoms. The van der Waals surface area contributed by atoms with Crippen molar-refractivity contribution in [1.82, 2.24) is 25.1 Å². The van der Waals surface area contributed by atoms with Gasteiger partial charge in [0.15, 0.2) is 5.96 Å². The van der Waals surface area contributed by atoms with Crippen LogP contribution in [0, 0.1) is 0 Å². The van der Waals surface area contributed by atoms with Crippen molar-refractivity contribution in [1.29, 1.82) is 0 Å². The SMILES string of the molecule is CCC1CCCCN1CCNC(=NC)NCCc1nccn1Cc1ccccc1. The summed E-state index contributed by atoms with van der Waals surface area (Å²) in [5.74, 6) is 1.96. The second-order valence-electron chi connectivity index (χ2n) is 7.73. The molecule has 1 aliphatic rings. The number of likely N-dealkylation sites (tertiary alicyclic amines) is 1. The lowest BCUT2D eigenvalue weighted by atomic mass is 10.0. The highest BCUT2D eigenvalue weighted by Gasteiger charge is 2.19. The van der Waals surface area contributed by atoms with Crippen molar-refractivity contribution in [3.63, 3.8) is 0 Å². The summed E-state index contributed by atoms with van der Waals surface area (Å²) in [6.45, 7) is 7.22. The number of hydrogen-bond acceptors (Lipinski definition) is 3. The summed E-state index contributed by atoms with van der Waals surface area (Å²) in [5.41, 5.74) is 1.29. The van der Waals surface area contributed by atoms with Crippen LogP contribution in [0.1, 0.15) is 44.0 Å². The summed E-state index contributed by atoms with van der Waals surface area (Å²) in [4.78, 5) is 11.5. The van der Waals surface area contributed by atoms with E-state index in [-0.39, 0.29) is 0 Å². The molecule has 2 aromatic rings. The van der Waals surface area contributed by atoms with Crippen LogP contribution in [0.3, 0.4) is 0 Å². The molecule has 29 heavy (non-hydrogen) atoms. The maximum Gasteiger partial charge on any atom is 0.191 e. The van der Waals surface area contributed by atoms with Gasteiger partial charge in [0.25, 0.3) is 0 Å². The lowest BCUT2D eigenvalue weighted by Gasteiger charge is -2.35. The maximum atomic E-state index is 4.53. The van der Waals surface area contributed by atoms with Gasteiger partial charge in [-0.25, -0.2) is 4.98 Å². The second kappa shape index (κ2) is 11.6. The van der Waals surface area contributed by atoms with Crippen LogP contribution in [0.15, 0.2) is 47.7 Å². The molecule has 6 nitrogen and oxygen atoms in total. The van der Waals surface area contributed by atoms with Gasteiger partial charge in [0, 0.05) is 58.1 Å². The van der Waals surface area contributed by atoms with Crippen molar-refractivity contribution < 1.29 is 0 Å². The molecule has 1 atom stereocenters. The van der Waals surface area contributed by atoms with Crippen LogP contribution in [-0.4, -0.2) is 59.7 Å². The summed E-state index contributed by atoms with van der Waals surface area (Å²) < 4.78 is 2.22. The molecule has 2 heterocycles. The van der Waals surface area contributed by atoms with Gasteiger partial charge in [-0.05, 0) is 31.4 Å². The van der Waals surface area contributed by atoms with Crippen LogP contribution in [0.4, 0.5) is 0 Å². The van der Waals surface area contributed by atoms with E-state index in [1.807, 2.05) is 13.2 Å². The van der Waals surface area contributed by atoms with Gasteiger partial charge in [-0.1, -0.05) is 43.7 Å². The summed E-state index contributed by atoms with van der Waals surface area (Å²) in [6, 6.07) is 11.3. The number of aromatic nitrogens is 2. The standard InChI is InChI=1S/C23H36N6/c1-3-21-11-7-8-16-28(21)17-15-27-23(24-2)26-13-12-22-25-14-18-29(22)19-20-9-5-4-6-10-20/h4-6,9-10,14,18,21H,3,7-8,11-13,15-17,19H2,1-2H3,(H2,24,26,27). The van der Waals surface area contributed by atoms with Crippen molar-refractivity contribution in [2.45, 2.75) is 51.6 Å². The minimum atomic E-state index is 0.754. The largest absolute Gasteiger partial charge is 0.356 e. The van der Waals surface area contributed by atoms with Crippen LogP contribution in [0.25, 0.3) is 0 Å². The highest BCUT2D eigenvalue weighted by Crippen LogP contribution is 2.18. The van der Waals surface area contributed by atoms with E-state index in [1.54, 1.807) is 0 Å². The van der Waals surface area contributed by atoms with Gasteiger partial charge in [0.2, 0.25) is 0 Å². The van der Waals surface area contributed by atoms with Gasteiger partial charge in [0.1, 0.15) is 5.82 Å². The molecule has 3 rings (SSSR count). The number of guanidine groups is 1. The Hall–Kier alpha value is -2.34. The molecular formula is C23H36N6. The van der Waals surface area contributed by atoms with Crippen LogP contribution in [-0.2, 0) is 13.0 Å². The molecule has 1 unspecified atom stereocenters. The van der Waals surface area contributed by atoms with Gasteiger partial charge in [-0.2, -0.15) is 0 Å². The number of benzene rings is 1. The second-order valence-corrected chi connectivity index (χ2v) is 7.73. The normalized spacial score (nSPS) is 18.0. The number of imidazole rings is 1. The van der Waals surface area contributed by atoms with E-state index in [0.29, 0.717) is 0 Å². The van der Waals surface area contributed by atoms with Crippen molar-refractivity contribution in [2.24, 2.45) is 4.99 Å². The number of nitrogens with zero attached hydrogens (tertiary/aromatic N) is 4. The Morgan fingerprint density at radius 1 is 1.17 bits per heavy atom. The van der Waals surface area contributed by atoms with Gasteiger partial charge < -0.3 is 15.2 Å². The molecule has 0 bridgehead atoms. The fourth-order valence-corrected chi connectivity index (χ4v) is 4.14. The molecule has 2 N–H and O–H groups in total. The first kappa shape index (κ1) is 21.4. The molecule has 0 spiro atoms. The summed E-state index contributed by atoms with van der Waals surface area (Å²) in [7, 11) is 1.83. The predicted octanol–water partition coefficient (Wildman–Crippen LogP) is 2.90. The summed E-state index contributed by atoms with van der Waals surface area (Å²) in [6.07, 6.45) is 10.1. The third kappa shape index (κ3) is 6.60. The fraction of sp³-hybridized carbons (Fsp3) is 0.565. The lowest BCUT2D eigenvalue weighted by Crippen LogP contribution is -2.46. The summed E-state index contributed by atoms with van der Waals surface area (Å²) >= 11 is 0. The van der Waals surface area contributed by atoms with E-state index < -0.39 is 0 Å². The topological polar surface area (TPSA) is 57.5 Å². The van der Waals surface area contributed by atoms with Gasteiger partial charge in [0.05, 0.1) is 0 Å². The number of piperidine rings is 1. The van der Waals surface area contributed by atoms with E-state index in [1.165, 1.54) is 37.8 Å². The Bertz CT molecular complexity index is 739. The average molecular weight is 397 g/mol. The van der Waals surface area contributed by atoms with Gasteiger partial charge in [-0.15, -0.1) is 0 Å². The molecule has 0 amide bonds. The zero-order valence-electron chi connectivity index (χ0n) is 18.0. The van der Waals surface area contributed by atoms with E-state index in [9.17, 15) is 0 Å². The molecule has 0 saturated carbocycles. The van der Waals surface area contributed by atoms with Gasteiger partial charge >= 0.3 is 0 Å². The first-order valence-corrected chi connectivity index (χ1v) is 11.0. The highest BCUT2D eigenvalue weighted by atomic mass is 15.2. The van der Waals surface area contributed by atoms with Crippen molar-refractivity contribution in [3.05, 3.63) is 54.1 Å². The monoisotopic (exact) mass is 396 g/mol. The molecule has 1 aromatic heterocycles. The van der Waals surface area contributed by atoms with Gasteiger partial charge in [-0.3, -0.25) is 9.89 Å². The van der Waals surface area contributed by atoms with Crippen LogP contribution < -0.4 is 10.6 Å². The smallest absolute Gasteiger partial charge is 0.191 e. The third-order valence-corrected chi connectivity index (χ3v) is 5.77. The zero-order chi connectivity index (χ0) is 20.3. The van der Waals surface area contributed by atoms with E-state index in [0.717, 1.165) is 50.4 Å². The molecule has 1 aliphatic heterocycles. The Labute approximate surface area is 175 Å². The maximum absolute atomic E-state index is 4.53. The zero-order valence-corrected chi connectivity index (χ0v) is 18.0. The number of aliphatic imine (C=N–C) groups is 1. The summed E-state index contributed by atoms with van der Waals surface area (Å²) in [5, 5.41) is 6.89. The third-order valence-electron chi connectivity index (χ3n) is 5.77. The Morgan fingerprint density at radius 3 is 2.79 bits per heavy atom. The lowest BCUT2D eigenvalue weighted by molar-refractivity contribution is 0.147. The Balaban J connectivity index is 1.40. The van der Waals surface area contributed by atoms with Crippen molar-refractivity contribution >= 4 is 5.96 Å². The predicted molar refractivity (Wildman–Crippen MR) is 120 cm³/mol. The van der Waals surface area contributed by atoms with E-state index in [4.69, 9.17) is 0 Å². The molecule has 1 saturated heterocycles. The number of rotatable bonds is 9. The Kier molecular flexibility index (Phi) is 8.56. The molecule has 1 fully saturated rings. The number of hydrogen-bond donors (Lipinski definition) is 2. The van der Waals surface area contributed by atoms with Crippen molar-refractivity contribution in [3.8, 4) is 0 Å². The minimum absolute atomic E-state index is 0.754. The molecule has 0 aliphatic carbocycles. The molecular weight excluding hydrogens is 360 g/mol. The molecule has 0 radical (unpaired) electrons.